The quantitative estimate of drug-likeness (QED) is 0.456. The van der Waals surface area contributed by atoms with Crippen molar-refractivity contribution in [2.45, 2.75) is 26.3 Å². The van der Waals surface area contributed by atoms with Crippen molar-refractivity contribution in [2.75, 3.05) is 0 Å². The van der Waals surface area contributed by atoms with Gasteiger partial charge in [0.25, 0.3) is 0 Å². The summed E-state index contributed by atoms with van der Waals surface area (Å²) in [6.45, 7) is 4.24. The molecule has 4 heteroatoms. The van der Waals surface area contributed by atoms with E-state index in [9.17, 15) is 0 Å². The van der Waals surface area contributed by atoms with E-state index in [4.69, 9.17) is 17.4 Å². The van der Waals surface area contributed by atoms with E-state index in [0.29, 0.717) is 0 Å². The predicted octanol–water partition coefficient (Wildman–Crippen LogP) is 4.31. The maximum absolute atomic E-state index is 6.11. The number of nitrogens with one attached hydrogen (secondary N) is 1. The molecule has 2 aromatic carbocycles. The van der Waals surface area contributed by atoms with E-state index in [1.807, 2.05) is 18.2 Å². The van der Waals surface area contributed by atoms with E-state index in [1.54, 1.807) is 0 Å². The summed E-state index contributed by atoms with van der Waals surface area (Å²) in [7, 11) is 0. The molecule has 2 rings (SSSR count). The third-order valence-corrected chi connectivity index (χ3v) is 4.68. The Morgan fingerprint density at radius 1 is 1.20 bits per heavy atom. The molecular formula is C16H18ClIN2. The van der Waals surface area contributed by atoms with Crippen LogP contribution < -0.4 is 11.3 Å². The van der Waals surface area contributed by atoms with Crippen molar-refractivity contribution < 1.29 is 0 Å². The average molecular weight is 401 g/mol. The van der Waals surface area contributed by atoms with Gasteiger partial charge in [-0.1, -0.05) is 35.4 Å². The molecule has 0 saturated heterocycles. The predicted molar refractivity (Wildman–Crippen MR) is 93.9 cm³/mol. The summed E-state index contributed by atoms with van der Waals surface area (Å²) in [5.41, 5.74) is 7.92. The lowest BCUT2D eigenvalue weighted by Gasteiger charge is -2.19. The topological polar surface area (TPSA) is 38.0 Å². The molecule has 3 N–H and O–H groups in total. The van der Waals surface area contributed by atoms with Crippen molar-refractivity contribution in [1.82, 2.24) is 5.43 Å². The molecule has 1 atom stereocenters. The summed E-state index contributed by atoms with van der Waals surface area (Å²) < 4.78 is 1.17. The van der Waals surface area contributed by atoms with Gasteiger partial charge in [0.15, 0.2) is 0 Å². The average Bonchev–Trinajstić information content (AvgIpc) is 2.42. The summed E-state index contributed by atoms with van der Waals surface area (Å²) in [5, 5.41) is 0.738. The molecule has 0 saturated carbocycles. The van der Waals surface area contributed by atoms with Gasteiger partial charge in [0.1, 0.15) is 0 Å². The third kappa shape index (κ3) is 3.73. The van der Waals surface area contributed by atoms with Crippen molar-refractivity contribution in [2.24, 2.45) is 5.84 Å². The van der Waals surface area contributed by atoms with Gasteiger partial charge in [-0.15, -0.1) is 0 Å². The van der Waals surface area contributed by atoms with Gasteiger partial charge < -0.3 is 0 Å². The maximum atomic E-state index is 6.11. The van der Waals surface area contributed by atoms with E-state index in [-0.39, 0.29) is 6.04 Å². The van der Waals surface area contributed by atoms with E-state index in [1.165, 1.54) is 20.3 Å². The number of hydrogen-bond acceptors (Lipinski definition) is 2. The van der Waals surface area contributed by atoms with Crippen LogP contribution in [-0.2, 0) is 6.42 Å². The van der Waals surface area contributed by atoms with Gasteiger partial charge in [-0.25, -0.2) is 0 Å². The molecule has 2 aromatic rings. The molecule has 0 radical (unpaired) electrons. The SMILES string of the molecule is Cc1ccc(C)c(CC(NN)c2cc(Cl)ccc2I)c1. The molecular weight excluding hydrogens is 383 g/mol. The smallest absolute Gasteiger partial charge is 0.0511 e. The van der Waals surface area contributed by atoms with E-state index < -0.39 is 0 Å². The fourth-order valence-corrected chi connectivity index (χ4v) is 3.17. The van der Waals surface area contributed by atoms with Gasteiger partial charge in [0.05, 0.1) is 6.04 Å². The lowest BCUT2D eigenvalue weighted by molar-refractivity contribution is 0.548. The van der Waals surface area contributed by atoms with Gasteiger partial charge in [0, 0.05) is 8.59 Å². The van der Waals surface area contributed by atoms with Crippen molar-refractivity contribution in [3.63, 3.8) is 0 Å². The van der Waals surface area contributed by atoms with Crippen LogP contribution in [0.15, 0.2) is 36.4 Å². The van der Waals surface area contributed by atoms with E-state index >= 15 is 0 Å². The molecule has 0 bridgehead atoms. The number of nitrogens with two attached hydrogens (primary N) is 1. The number of hydrazine groups is 1. The number of rotatable bonds is 4. The Labute approximate surface area is 138 Å². The highest BCUT2D eigenvalue weighted by Gasteiger charge is 2.15. The van der Waals surface area contributed by atoms with Crippen LogP contribution in [0.3, 0.4) is 0 Å². The molecule has 0 heterocycles. The van der Waals surface area contributed by atoms with Crippen LogP contribution in [0.5, 0.6) is 0 Å². The van der Waals surface area contributed by atoms with Crippen LogP contribution in [0.2, 0.25) is 5.02 Å². The van der Waals surface area contributed by atoms with Gasteiger partial charge >= 0.3 is 0 Å². The zero-order valence-electron chi connectivity index (χ0n) is 11.6. The molecule has 20 heavy (non-hydrogen) atoms. The molecule has 0 amide bonds. The van der Waals surface area contributed by atoms with Crippen LogP contribution >= 0.6 is 34.2 Å². The first-order chi connectivity index (χ1) is 9.51. The van der Waals surface area contributed by atoms with Crippen molar-refractivity contribution in [3.05, 3.63) is 67.2 Å². The highest BCUT2D eigenvalue weighted by molar-refractivity contribution is 14.1. The zero-order chi connectivity index (χ0) is 14.7. The second-order valence-corrected chi connectivity index (χ2v) is 6.62. The zero-order valence-corrected chi connectivity index (χ0v) is 14.5. The minimum Gasteiger partial charge on any atom is -0.271 e. The molecule has 0 aliphatic carbocycles. The third-order valence-electron chi connectivity index (χ3n) is 3.46. The summed E-state index contributed by atoms with van der Waals surface area (Å²) in [6.07, 6.45) is 0.848. The van der Waals surface area contributed by atoms with Crippen LogP contribution in [0.1, 0.15) is 28.3 Å². The lowest BCUT2D eigenvalue weighted by Crippen LogP contribution is -2.30. The van der Waals surface area contributed by atoms with Crippen molar-refractivity contribution >= 4 is 34.2 Å². The van der Waals surface area contributed by atoms with Crippen molar-refractivity contribution in [1.29, 1.82) is 0 Å². The van der Waals surface area contributed by atoms with Crippen LogP contribution in [0, 0.1) is 17.4 Å². The molecule has 0 aromatic heterocycles. The molecule has 0 spiro atoms. The fourth-order valence-electron chi connectivity index (χ4n) is 2.28. The summed E-state index contributed by atoms with van der Waals surface area (Å²) in [4.78, 5) is 0. The molecule has 0 fully saturated rings. The maximum Gasteiger partial charge on any atom is 0.0511 e. The number of aryl methyl sites for hydroxylation is 2. The summed E-state index contributed by atoms with van der Waals surface area (Å²) in [6, 6.07) is 12.5. The number of halogens is 2. The molecule has 106 valence electrons. The van der Waals surface area contributed by atoms with Gasteiger partial charge in [-0.2, -0.15) is 0 Å². The Kier molecular flexibility index (Phi) is 5.43. The first-order valence-corrected chi connectivity index (χ1v) is 7.94. The van der Waals surface area contributed by atoms with Gasteiger partial charge in [0.2, 0.25) is 0 Å². The lowest BCUT2D eigenvalue weighted by atomic mass is 9.95. The van der Waals surface area contributed by atoms with Gasteiger partial charge in [-0.05, 0) is 77.7 Å². The molecule has 0 aliphatic heterocycles. The Morgan fingerprint density at radius 2 is 1.95 bits per heavy atom. The van der Waals surface area contributed by atoms with E-state index in [0.717, 1.165) is 17.0 Å². The minimum absolute atomic E-state index is 0.0566. The van der Waals surface area contributed by atoms with Gasteiger partial charge in [-0.3, -0.25) is 11.3 Å². The number of hydrogen-bond donors (Lipinski definition) is 2. The Hall–Kier alpha value is -0.620. The summed E-state index contributed by atoms with van der Waals surface area (Å²) in [5.74, 6) is 5.76. The molecule has 2 nitrogen and oxygen atoms in total. The Bertz CT molecular complexity index is 613. The number of benzene rings is 2. The molecule has 1 unspecified atom stereocenters. The van der Waals surface area contributed by atoms with Crippen LogP contribution in [0.25, 0.3) is 0 Å². The monoisotopic (exact) mass is 400 g/mol. The highest BCUT2D eigenvalue weighted by Crippen LogP contribution is 2.27. The second kappa shape index (κ2) is 6.89. The Morgan fingerprint density at radius 3 is 2.65 bits per heavy atom. The second-order valence-electron chi connectivity index (χ2n) is 5.02. The normalized spacial score (nSPS) is 12.4. The summed E-state index contributed by atoms with van der Waals surface area (Å²) >= 11 is 8.42. The highest BCUT2D eigenvalue weighted by atomic mass is 127. The first-order valence-electron chi connectivity index (χ1n) is 6.48. The minimum atomic E-state index is 0.0566. The Balaban J connectivity index is 2.33. The largest absolute Gasteiger partial charge is 0.271 e. The van der Waals surface area contributed by atoms with Crippen molar-refractivity contribution in [3.8, 4) is 0 Å². The van der Waals surface area contributed by atoms with E-state index in [2.05, 4.69) is 60.1 Å². The van der Waals surface area contributed by atoms with Crippen LogP contribution in [-0.4, -0.2) is 0 Å². The first kappa shape index (κ1) is 15.8. The van der Waals surface area contributed by atoms with Crippen LogP contribution in [0.4, 0.5) is 0 Å². The standard InChI is InChI=1S/C16H18ClIN2/c1-10-3-4-11(2)12(7-10)8-16(20-19)14-9-13(17)5-6-15(14)18/h3-7,9,16,20H,8,19H2,1-2H3. The fraction of sp³-hybridized carbons (Fsp3) is 0.250. The molecule has 0 aliphatic rings.